The molecule has 0 bridgehead atoms. The van der Waals surface area contributed by atoms with E-state index in [0.29, 0.717) is 5.56 Å². The Kier molecular flexibility index (Phi) is 2.60. The maximum absolute atomic E-state index is 11.1. The second kappa shape index (κ2) is 3.90. The second-order valence-corrected chi connectivity index (χ2v) is 4.23. The van der Waals surface area contributed by atoms with Gasteiger partial charge in [-0.25, -0.2) is 4.98 Å². The lowest BCUT2D eigenvalue weighted by Gasteiger charge is -1.97. The molecule has 0 unspecified atom stereocenters. The summed E-state index contributed by atoms with van der Waals surface area (Å²) in [6, 6.07) is 7.35. The Morgan fingerprint density at radius 3 is 2.40 bits per heavy atom. The van der Waals surface area contributed by atoms with Gasteiger partial charge >= 0.3 is 0 Å². The summed E-state index contributed by atoms with van der Waals surface area (Å²) in [5.74, 6) is 0.802. The van der Waals surface area contributed by atoms with Gasteiger partial charge in [-0.1, -0.05) is 24.3 Å². The SMILES string of the molecule is CC(=O)c1ccc(-c2nsc(C)n2)cc1. The molecule has 0 fully saturated rings. The van der Waals surface area contributed by atoms with Crippen molar-refractivity contribution in [1.29, 1.82) is 0 Å². The van der Waals surface area contributed by atoms with Crippen LogP contribution in [-0.2, 0) is 0 Å². The zero-order valence-electron chi connectivity index (χ0n) is 8.52. The Hall–Kier alpha value is -1.55. The Bertz CT molecular complexity index is 488. The van der Waals surface area contributed by atoms with Gasteiger partial charge < -0.3 is 0 Å². The van der Waals surface area contributed by atoms with E-state index in [-0.39, 0.29) is 5.78 Å². The fourth-order valence-corrected chi connectivity index (χ4v) is 1.76. The van der Waals surface area contributed by atoms with Crippen molar-refractivity contribution in [1.82, 2.24) is 9.36 Å². The van der Waals surface area contributed by atoms with E-state index in [1.165, 1.54) is 11.5 Å². The van der Waals surface area contributed by atoms with Crippen molar-refractivity contribution in [3.05, 3.63) is 34.8 Å². The highest BCUT2D eigenvalue weighted by molar-refractivity contribution is 7.05. The van der Waals surface area contributed by atoms with E-state index in [9.17, 15) is 4.79 Å². The van der Waals surface area contributed by atoms with Crippen LogP contribution in [0.15, 0.2) is 24.3 Å². The number of carbonyl (C=O) groups excluding carboxylic acids is 1. The van der Waals surface area contributed by atoms with Gasteiger partial charge in [0, 0.05) is 11.1 Å². The van der Waals surface area contributed by atoms with Crippen molar-refractivity contribution in [2.75, 3.05) is 0 Å². The number of hydrogen-bond acceptors (Lipinski definition) is 4. The normalized spacial score (nSPS) is 10.3. The highest BCUT2D eigenvalue weighted by atomic mass is 32.1. The van der Waals surface area contributed by atoms with Gasteiger partial charge in [0.05, 0.1) is 0 Å². The number of ketones is 1. The van der Waals surface area contributed by atoms with Gasteiger partial charge in [0.15, 0.2) is 11.6 Å². The van der Waals surface area contributed by atoms with Crippen LogP contribution in [0.25, 0.3) is 11.4 Å². The number of hydrogen-bond donors (Lipinski definition) is 0. The van der Waals surface area contributed by atoms with Crippen molar-refractivity contribution in [2.45, 2.75) is 13.8 Å². The van der Waals surface area contributed by atoms with E-state index in [4.69, 9.17) is 0 Å². The van der Waals surface area contributed by atoms with Crippen molar-refractivity contribution in [2.24, 2.45) is 0 Å². The number of nitrogens with zero attached hydrogens (tertiary/aromatic N) is 2. The minimum atomic E-state index is 0.0731. The number of aryl methyl sites for hydroxylation is 1. The lowest BCUT2D eigenvalue weighted by Crippen LogP contribution is -1.91. The number of aromatic nitrogens is 2. The molecule has 0 N–H and O–H groups in total. The second-order valence-electron chi connectivity index (χ2n) is 3.27. The van der Waals surface area contributed by atoms with Gasteiger partial charge in [-0.15, -0.1) is 0 Å². The van der Waals surface area contributed by atoms with Gasteiger partial charge in [-0.2, -0.15) is 4.37 Å². The molecule has 3 nitrogen and oxygen atoms in total. The Morgan fingerprint density at radius 2 is 1.93 bits per heavy atom. The third kappa shape index (κ3) is 2.10. The maximum atomic E-state index is 11.1. The van der Waals surface area contributed by atoms with E-state index in [0.717, 1.165) is 16.4 Å². The molecule has 0 aliphatic heterocycles. The molecule has 0 spiro atoms. The van der Waals surface area contributed by atoms with E-state index in [2.05, 4.69) is 9.36 Å². The fourth-order valence-electron chi connectivity index (χ4n) is 1.27. The molecule has 4 heteroatoms. The molecule has 0 aliphatic rings. The highest BCUT2D eigenvalue weighted by Gasteiger charge is 2.04. The van der Waals surface area contributed by atoms with Crippen LogP contribution in [0.1, 0.15) is 22.3 Å². The van der Waals surface area contributed by atoms with Gasteiger partial charge in [0.2, 0.25) is 0 Å². The first-order chi connectivity index (χ1) is 7.16. The minimum absolute atomic E-state index is 0.0731. The monoisotopic (exact) mass is 218 g/mol. The van der Waals surface area contributed by atoms with Gasteiger partial charge in [-0.05, 0) is 25.4 Å². The van der Waals surface area contributed by atoms with Crippen LogP contribution in [-0.4, -0.2) is 15.1 Å². The van der Waals surface area contributed by atoms with E-state index < -0.39 is 0 Å². The van der Waals surface area contributed by atoms with Crippen molar-refractivity contribution >= 4 is 17.3 Å². The van der Waals surface area contributed by atoms with Crippen molar-refractivity contribution < 1.29 is 4.79 Å². The van der Waals surface area contributed by atoms with Crippen LogP contribution in [0.5, 0.6) is 0 Å². The zero-order chi connectivity index (χ0) is 10.8. The average Bonchev–Trinajstić information content (AvgIpc) is 2.65. The molecule has 1 heterocycles. The molecular formula is C11H10N2OS. The number of rotatable bonds is 2. The molecule has 2 rings (SSSR count). The van der Waals surface area contributed by atoms with Crippen LogP contribution in [0.3, 0.4) is 0 Å². The van der Waals surface area contributed by atoms with Crippen LogP contribution in [0, 0.1) is 6.92 Å². The summed E-state index contributed by atoms with van der Waals surface area (Å²) in [5.41, 5.74) is 1.66. The molecule has 2 aromatic rings. The topological polar surface area (TPSA) is 42.9 Å². The standard InChI is InChI=1S/C11H10N2OS/c1-7(14)9-3-5-10(6-4-9)11-12-8(2)15-13-11/h3-6H,1-2H3. The van der Waals surface area contributed by atoms with Crippen molar-refractivity contribution in [3.8, 4) is 11.4 Å². The van der Waals surface area contributed by atoms with Crippen LogP contribution in [0.4, 0.5) is 0 Å². The molecule has 0 aliphatic carbocycles. The highest BCUT2D eigenvalue weighted by Crippen LogP contribution is 2.18. The minimum Gasteiger partial charge on any atom is -0.295 e. The molecule has 15 heavy (non-hydrogen) atoms. The maximum Gasteiger partial charge on any atom is 0.173 e. The first-order valence-corrected chi connectivity index (χ1v) is 5.36. The predicted octanol–water partition coefficient (Wildman–Crippen LogP) is 2.72. The van der Waals surface area contributed by atoms with Crippen LogP contribution < -0.4 is 0 Å². The molecular weight excluding hydrogens is 208 g/mol. The molecule has 0 radical (unpaired) electrons. The Morgan fingerprint density at radius 1 is 1.27 bits per heavy atom. The summed E-state index contributed by atoms with van der Waals surface area (Å²) >= 11 is 1.38. The first-order valence-electron chi connectivity index (χ1n) is 4.58. The lowest BCUT2D eigenvalue weighted by atomic mass is 10.1. The summed E-state index contributed by atoms with van der Waals surface area (Å²) in [6.45, 7) is 3.48. The summed E-state index contributed by atoms with van der Waals surface area (Å²) in [6.07, 6.45) is 0. The van der Waals surface area contributed by atoms with Crippen LogP contribution in [0.2, 0.25) is 0 Å². The van der Waals surface area contributed by atoms with Crippen LogP contribution >= 0.6 is 11.5 Å². The summed E-state index contributed by atoms with van der Waals surface area (Å²) in [4.78, 5) is 15.3. The molecule has 1 aromatic carbocycles. The largest absolute Gasteiger partial charge is 0.295 e. The number of carbonyl (C=O) groups is 1. The molecule has 0 atom stereocenters. The van der Waals surface area contributed by atoms with Gasteiger partial charge in [0.25, 0.3) is 0 Å². The molecule has 0 saturated carbocycles. The van der Waals surface area contributed by atoms with Gasteiger partial charge in [-0.3, -0.25) is 4.79 Å². The lowest BCUT2D eigenvalue weighted by molar-refractivity contribution is 0.101. The molecule has 1 aromatic heterocycles. The first kappa shape index (κ1) is 9.98. The van der Waals surface area contributed by atoms with Gasteiger partial charge in [0.1, 0.15) is 5.01 Å². The quantitative estimate of drug-likeness (QED) is 0.728. The Balaban J connectivity index is 2.35. The average molecular weight is 218 g/mol. The summed E-state index contributed by atoms with van der Waals surface area (Å²) in [7, 11) is 0. The zero-order valence-corrected chi connectivity index (χ0v) is 9.34. The fraction of sp³-hybridized carbons (Fsp3) is 0.182. The summed E-state index contributed by atoms with van der Waals surface area (Å²) < 4.78 is 4.21. The van der Waals surface area contributed by atoms with E-state index in [1.54, 1.807) is 19.1 Å². The van der Waals surface area contributed by atoms with E-state index in [1.807, 2.05) is 19.1 Å². The molecule has 0 amide bonds. The van der Waals surface area contributed by atoms with Crippen molar-refractivity contribution in [3.63, 3.8) is 0 Å². The smallest absolute Gasteiger partial charge is 0.173 e. The molecule has 76 valence electrons. The van der Waals surface area contributed by atoms with E-state index >= 15 is 0 Å². The number of Topliss-reactive ketones (excluding diaryl/α,β-unsaturated/α-hetero) is 1. The molecule has 0 saturated heterocycles. The third-order valence-corrected chi connectivity index (χ3v) is 2.70. The Labute approximate surface area is 92.0 Å². The third-order valence-electron chi connectivity index (χ3n) is 2.08. The predicted molar refractivity (Wildman–Crippen MR) is 60.1 cm³/mol. The number of benzene rings is 1. The summed E-state index contributed by atoms with van der Waals surface area (Å²) in [5, 5.41) is 0.945.